The van der Waals surface area contributed by atoms with E-state index >= 15 is 0 Å². The topological polar surface area (TPSA) is 74.4 Å². The Bertz CT molecular complexity index is 665. The molecule has 0 unspecified atom stereocenters. The first-order chi connectivity index (χ1) is 12.7. The van der Waals surface area contributed by atoms with Crippen molar-refractivity contribution < 1.29 is 9.53 Å². The summed E-state index contributed by atoms with van der Waals surface area (Å²) in [6.07, 6.45) is -0.268. The van der Waals surface area contributed by atoms with Crippen LogP contribution in [0.15, 0.2) is 29.3 Å². The fourth-order valence-corrected chi connectivity index (χ4v) is 2.92. The minimum absolute atomic E-state index is 0. The van der Waals surface area contributed by atoms with Crippen molar-refractivity contribution in [1.29, 1.82) is 0 Å². The number of benzene rings is 1. The number of carbonyl (C=O) groups excluding carboxylic acids is 1. The van der Waals surface area contributed by atoms with Gasteiger partial charge in [0.25, 0.3) is 0 Å². The molecule has 0 spiro atoms. The van der Waals surface area contributed by atoms with Crippen LogP contribution in [0.2, 0.25) is 0 Å². The lowest BCUT2D eigenvalue weighted by molar-refractivity contribution is 0.0186. The van der Waals surface area contributed by atoms with E-state index < -0.39 is 5.60 Å². The normalized spacial score (nSPS) is 15.4. The molecule has 158 valence electrons. The number of aliphatic imine (C=N–C) groups is 1. The van der Waals surface area contributed by atoms with E-state index in [1.54, 1.807) is 4.90 Å². The number of carbonyl (C=O) groups is 1. The third-order valence-corrected chi connectivity index (χ3v) is 4.27. The molecule has 1 saturated heterocycles. The summed E-state index contributed by atoms with van der Waals surface area (Å²) in [5.41, 5.74) is 8.16. The van der Waals surface area contributed by atoms with E-state index in [0.717, 1.165) is 6.54 Å². The smallest absolute Gasteiger partial charge is 0.410 e. The van der Waals surface area contributed by atoms with Crippen molar-refractivity contribution in [3.63, 3.8) is 0 Å². The average molecular weight is 503 g/mol. The average Bonchev–Trinajstić information content (AvgIpc) is 2.59. The Morgan fingerprint density at radius 1 is 1.11 bits per heavy atom. The van der Waals surface area contributed by atoms with Gasteiger partial charge in [0.1, 0.15) is 5.60 Å². The Morgan fingerprint density at radius 3 is 2.18 bits per heavy atom. The number of nitrogens with two attached hydrogens (primary N) is 1. The fraction of sp³-hybridized carbons (Fsp3) is 0.600. The molecule has 0 atom stereocenters. The van der Waals surface area contributed by atoms with Gasteiger partial charge in [0.05, 0.1) is 6.54 Å². The van der Waals surface area contributed by atoms with Crippen LogP contribution >= 0.6 is 24.0 Å². The van der Waals surface area contributed by atoms with Gasteiger partial charge < -0.3 is 25.2 Å². The molecule has 1 aromatic carbocycles. The highest BCUT2D eigenvalue weighted by Gasteiger charge is 2.26. The van der Waals surface area contributed by atoms with Gasteiger partial charge in [-0.1, -0.05) is 24.3 Å². The molecule has 8 heteroatoms. The van der Waals surface area contributed by atoms with Crippen LogP contribution in [0.4, 0.5) is 4.79 Å². The summed E-state index contributed by atoms with van der Waals surface area (Å²) >= 11 is 0. The quantitative estimate of drug-likeness (QED) is 0.389. The zero-order valence-corrected chi connectivity index (χ0v) is 20.0. The van der Waals surface area contributed by atoms with Crippen LogP contribution in [0.5, 0.6) is 0 Å². The number of rotatable bonds is 4. The molecule has 0 radical (unpaired) electrons. The van der Waals surface area contributed by atoms with Crippen LogP contribution in [-0.4, -0.2) is 72.6 Å². The molecular formula is C20H34IN5O2. The summed E-state index contributed by atoms with van der Waals surface area (Å²) < 4.78 is 5.43. The van der Waals surface area contributed by atoms with Gasteiger partial charge in [0.2, 0.25) is 0 Å². The summed E-state index contributed by atoms with van der Waals surface area (Å²) in [5.74, 6) is 0.526. The molecule has 1 aliphatic heterocycles. The van der Waals surface area contributed by atoms with Crippen LogP contribution in [0, 0.1) is 0 Å². The highest BCUT2D eigenvalue weighted by Crippen LogP contribution is 2.13. The van der Waals surface area contributed by atoms with Gasteiger partial charge in [0, 0.05) is 32.7 Å². The molecule has 1 aliphatic rings. The number of amides is 1. The summed E-state index contributed by atoms with van der Waals surface area (Å²) in [4.78, 5) is 22.6. The monoisotopic (exact) mass is 503 g/mol. The molecule has 0 aliphatic carbocycles. The van der Waals surface area contributed by atoms with Gasteiger partial charge in [-0.05, 0) is 46.0 Å². The van der Waals surface area contributed by atoms with Crippen LogP contribution in [-0.2, 0) is 17.8 Å². The van der Waals surface area contributed by atoms with Crippen molar-refractivity contribution >= 4 is 36.0 Å². The second kappa shape index (κ2) is 10.8. The summed E-state index contributed by atoms with van der Waals surface area (Å²) in [6, 6.07) is 8.29. The molecule has 0 bridgehead atoms. The Morgan fingerprint density at radius 2 is 1.64 bits per heavy atom. The first-order valence-corrected chi connectivity index (χ1v) is 9.40. The van der Waals surface area contributed by atoms with E-state index in [9.17, 15) is 4.79 Å². The maximum absolute atomic E-state index is 12.1. The van der Waals surface area contributed by atoms with Crippen molar-refractivity contribution in [3.05, 3.63) is 35.4 Å². The van der Waals surface area contributed by atoms with Gasteiger partial charge >= 0.3 is 6.09 Å². The molecule has 7 nitrogen and oxygen atoms in total. The Hall–Kier alpha value is -1.55. The van der Waals surface area contributed by atoms with E-state index in [0.29, 0.717) is 38.7 Å². The summed E-state index contributed by atoms with van der Waals surface area (Å²) in [6.45, 7) is 9.55. The third-order valence-electron chi connectivity index (χ3n) is 4.27. The largest absolute Gasteiger partial charge is 0.444 e. The molecule has 1 heterocycles. The maximum atomic E-state index is 12.1. The molecule has 1 fully saturated rings. The van der Waals surface area contributed by atoms with Gasteiger partial charge in [-0.25, -0.2) is 9.79 Å². The lowest BCUT2D eigenvalue weighted by atomic mass is 10.1. The maximum Gasteiger partial charge on any atom is 0.410 e. The Balaban J connectivity index is 0.00000392. The minimum atomic E-state index is -0.478. The van der Waals surface area contributed by atoms with E-state index in [4.69, 9.17) is 10.5 Å². The van der Waals surface area contributed by atoms with Crippen LogP contribution in [0.3, 0.4) is 0 Å². The number of guanidine groups is 1. The lowest BCUT2D eigenvalue weighted by Crippen LogP contribution is -2.53. The first kappa shape index (κ1) is 24.5. The van der Waals surface area contributed by atoms with E-state index in [1.807, 2.05) is 37.8 Å². The Kier molecular flexibility index (Phi) is 9.49. The van der Waals surface area contributed by atoms with Crippen LogP contribution < -0.4 is 5.73 Å². The second-order valence-corrected chi connectivity index (χ2v) is 8.14. The molecule has 0 saturated carbocycles. The second-order valence-electron chi connectivity index (χ2n) is 8.14. The highest BCUT2D eigenvalue weighted by atomic mass is 127. The first-order valence-electron chi connectivity index (χ1n) is 9.40. The number of piperazine rings is 1. The van der Waals surface area contributed by atoms with E-state index in [1.165, 1.54) is 11.1 Å². The molecule has 1 amide bonds. The fourth-order valence-electron chi connectivity index (χ4n) is 2.92. The van der Waals surface area contributed by atoms with Crippen molar-refractivity contribution in [3.8, 4) is 0 Å². The molecule has 1 aromatic rings. The number of ether oxygens (including phenoxy) is 1. The number of halogens is 1. The predicted octanol–water partition coefficient (Wildman–Crippen LogP) is 2.73. The summed E-state index contributed by atoms with van der Waals surface area (Å²) in [7, 11) is 4.11. The van der Waals surface area contributed by atoms with Gasteiger partial charge in [-0.3, -0.25) is 0 Å². The lowest BCUT2D eigenvalue weighted by Gasteiger charge is -2.36. The standard InChI is InChI=1S/C20H33N5O2.HI/c1-20(2,3)27-19(26)25-12-10-24(11-13-25)18(21)22-14-16-8-6-7-9-17(16)15-23(4)5;/h6-9H,10-15H2,1-5H3,(H2,21,22);1H. The zero-order valence-electron chi connectivity index (χ0n) is 17.6. The molecule has 0 aromatic heterocycles. The number of hydrogen-bond acceptors (Lipinski definition) is 4. The highest BCUT2D eigenvalue weighted by molar-refractivity contribution is 14.0. The molecule has 2 N–H and O–H groups in total. The van der Waals surface area contributed by atoms with E-state index in [-0.39, 0.29) is 30.1 Å². The van der Waals surface area contributed by atoms with Crippen molar-refractivity contribution in [1.82, 2.24) is 14.7 Å². The predicted molar refractivity (Wildman–Crippen MR) is 124 cm³/mol. The van der Waals surface area contributed by atoms with Crippen molar-refractivity contribution in [2.75, 3.05) is 40.3 Å². The van der Waals surface area contributed by atoms with Crippen LogP contribution in [0.25, 0.3) is 0 Å². The Labute approximate surface area is 185 Å². The molecular weight excluding hydrogens is 469 g/mol. The van der Waals surface area contributed by atoms with Gasteiger partial charge in [0.15, 0.2) is 5.96 Å². The SMILES string of the molecule is CN(C)Cc1ccccc1CN=C(N)N1CCN(C(=O)OC(C)(C)C)CC1.I. The molecule has 28 heavy (non-hydrogen) atoms. The zero-order chi connectivity index (χ0) is 20.0. The number of hydrogen-bond donors (Lipinski definition) is 1. The van der Waals surface area contributed by atoms with Crippen LogP contribution in [0.1, 0.15) is 31.9 Å². The third kappa shape index (κ3) is 7.83. The van der Waals surface area contributed by atoms with Gasteiger partial charge in [-0.15, -0.1) is 24.0 Å². The number of nitrogens with zero attached hydrogens (tertiary/aromatic N) is 4. The van der Waals surface area contributed by atoms with Crippen molar-refractivity contribution in [2.45, 2.75) is 39.5 Å². The van der Waals surface area contributed by atoms with Gasteiger partial charge in [-0.2, -0.15) is 0 Å². The van der Waals surface area contributed by atoms with E-state index in [2.05, 4.69) is 36.1 Å². The summed E-state index contributed by atoms with van der Waals surface area (Å²) in [5, 5.41) is 0. The minimum Gasteiger partial charge on any atom is -0.444 e. The van der Waals surface area contributed by atoms with Crippen molar-refractivity contribution in [2.24, 2.45) is 10.7 Å². The molecule has 2 rings (SSSR count).